The van der Waals surface area contributed by atoms with Gasteiger partial charge in [0, 0.05) is 17.5 Å². The molecule has 1 aliphatic carbocycles. The molecule has 2 rings (SSSR count). The monoisotopic (exact) mass is 253 g/mol. The van der Waals surface area contributed by atoms with E-state index in [4.69, 9.17) is 11.6 Å². The van der Waals surface area contributed by atoms with Gasteiger partial charge in [-0.25, -0.2) is 0 Å². The Bertz CT molecular complexity index is 372. The van der Waals surface area contributed by atoms with E-state index in [-0.39, 0.29) is 0 Å². The summed E-state index contributed by atoms with van der Waals surface area (Å²) in [7, 11) is 1.99. The third kappa shape index (κ3) is 3.44. The van der Waals surface area contributed by atoms with Gasteiger partial charge in [-0.1, -0.05) is 23.7 Å². The van der Waals surface area contributed by atoms with Crippen molar-refractivity contribution in [3.8, 4) is 0 Å². The van der Waals surface area contributed by atoms with E-state index in [2.05, 4.69) is 5.32 Å². The molecule has 0 spiro atoms. The Hall–Kier alpha value is -0.570. The van der Waals surface area contributed by atoms with Gasteiger partial charge in [-0.05, 0) is 50.4 Å². The molecule has 2 N–H and O–H groups in total. The molecule has 1 aliphatic rings. The lowest BCUT2D eigenvalue weighted by Gasteiger charge is -2.36. The van der Waals surface area contributed by atoms with Crippen LogP contribution in [-0.4, -0.2) is 23.8 Å². The molecule has 0 amide bonds. The van der Waals surface area contributed by atoms with Gasteiger partial charge in [-0.3, -0.25) is 0 Å². The molecule has 1 saturated carbocycles. The molecule has 0 saturated heterocycles. The minimum Gasteiger partial charge on any atom is -0.390 e. The summed E-state index contributed by atoms with van der Waals surface area (Å²) < 4.78 is 0. The third-order valence-corrected chi connectivity index (χ3v) is 3.98. The maximum Gasteiger partial charge on any atom is 0.0689 e. The highest BCUT2D eigenvalue weighted by atomic mass is 35.5. The maximum atomic E-state index is 10.6. The fraction of sp³-hybridized carbons (Fsp3) is 0.571. The standard InChI is InChI=1S/C14H20ClNO/c1-16-13-5-7-14(17,8-6-13)10-11-3-2-4-12(15)9-11/h2-4,9,13,16-17H,5-8,10H2,1H3. The molecule has 0 aromatic heterocycles. The van der Waals surface area contributed by atoms with E-state index < -0.39 is 5.60 Å². The van der Waals surface area contributed by atoms with Crippen molar-refractivity contribution >= 4 is 11.6 Å². The van der Waals surface area contributed by atoms with E-state index in [1.807, 2.05) is 31.3 Å². The van der Waals surface area contributed by atoms with E-state index in [0.717, 1.165) is 36.3 Å². The second-order valence-corrected chi connectivity index (χ2v) is 5.53. The first kappa shape index (κ1) is 12.9. The van der Waals surface area contributed by atoms with Crippen molar-refractivity contribution in [3.63, 3.8) is 0 Å². The van der Waals surface area contributed by atoms with Crippen molar-refractivity contribution in [1.82, 2.24) is 5.32 Å². The summed E-state index contributed by atoms with van der Waals surface area (Å²) in [6.07, 6.45) is 4.54. The highest BCUT2D eigenvalue weighted by molar-refractivity contribution is 6.30. The lowest BCUT2D eigenvalue weighted by Crippen LogP contribution is -2.41. The molecule has 1 fully saturated rings. The number of aliphatic hydroxyl groups is 1. The fourth-order valence-electron chi connectivity index (χ4n) is 2.65. The van der Waals surface area contributed by atoms with Gasteiger partial charge in [0.05, 0.1) is 5.60 Å². The Labute approximate surface area is 108 Å². The van der Waals surface area contributed by atoms with E-state index in [1.165, 1.54) is 0 Å². The Kier molecular flexibility index (Phi) is 4.08. The Morgan fingerprint density at radius 3 is 2.71 bits per heavy atom. The van der Waals surface area contributed by atoms with Gasteiger partial charge in [-0.15, -0.1) is 0 Å². The molecule has 0 atom stereocenters. The van der Waals surface area contributed by atoms with Gasteiger partial charge >= 0.3 is 0 Å². The van der Waals surface area contributed by atoms with Crippen LogP contribution in [0.5, 0.6) is 0 Å². The highest BCUT2D eigenvalue weighted by Gasteiger charge is 2.32. The summed E-state index contributed by atoms with van der Waals surface area (Å²) in [4.78, 5) is 0. The minimum atomic E-state index is -0.544. The van der Waals surface area contributed by atoms with Gasteiger partial charge in [-0.2, -0.15) is 0 Å². The molecule has 1 aromatic rings. The van der Waals surface area contributed by atoms with Crippen molar-refractivity contribution in [2.75, 3.05) is 7.05 Å². The Balaban J connectivity index is 1.99. The molecule has 17 heavy (non-hydrogen) atoms. The predicted molar refractivity (Wildman–Crippen MR) is 71.4 cm³/mol. The van der Waals surface area contributed by atoms with Gasteiger partial charge in [0.2, 0.25) is 0 Å². The number of halogens is 1. The number of hydrogen-bond acceptors (Lipinski definition) is 2. The zero-order valence-corrected chi connectivity index (χ0v) is 11.0. The highest BCUT2D eigenvalue weighted by Crippen LogP contribution is 2.31. The van der Waals surface area contributed by atoms with Crippen LogP contribution < -0.4 is 5.32 Å². The lowest BCUT2D eigenvalue weighted by atomic mass is 9.78. The van der Waals surface area contributed by atoms with Crippen LogP contribution in [0.4, 0.5) is 0 Å². The summed E-state index contributed by atoms with van der Waals surface area (Å²) in [5.41, 5.74) is 0.584. The third-order valence-electron chi connectivity index (χ3n) is 3.75. The summed E-state index contributed by atoms with van der Waals surface area (Å²) in [6, 6.07) is 8.36. The van der Waals surface area contributed by atoms with Gasteiger partial charge < -0.3 is 10.4 Å². The average Bonchev–Trinajstić information content (AvgIpc) is 2.29. The van der Waals surface area contributed by atoms with E-state index >= 15 is 0 Å². The molecule has 0 heterocycles. The van der Waals surface area contributed by atoms with Crippen LogP contribution >= 0.6 is 11.6 Å². The van der Waals surface area contributed by atoms with E-state index in [1.54, 1.807) is 0 Å². The molecule has 3 heteroatoms. The number of benzene rings is 1. The number of rotatable bonds is 3. The molecule has 0 unspecified atom stereocenters. The largest absolute Gasteiger partial charge is 0.390 e. The number of hydrogen-bond donors (Lipinski definition) is 2. The molecule has 0 radical (unpaired) electrons. The van der Waals surface area contributed by atoms with Crippen LogP contribution in [0.25, 0.3) is 0 Å². The topological polar surface area (TPSA) is 32.3 Å². The maximum absolute atomic E-state index is 10.6. The normalized spacial score (nSPS) is 29.2. The molecular weight excluding hydrogens is 234 g/mol. The quantitative estimate of drug-likeness (QED) is 0.868. The molecule has 1 aromatic carbocycles. The minimum absolute atomic E-state index is 0.544. The van der Waals surface area contributed by atoms with Crippen molar-refractivity contribution in [2.45, 2.75) is 43.7 Å². The Morgan fingerprint density at radius 1 is 1.41 bits per heavy atom. The second-order valence-electron chi connectivity index (χ2n) is 5.09. The summed E-state index contributed by atoms with van der Waals surface area (Å²) >= 11 is 5.96. The molecule has 94 valence electrons. The first-order chi connectivity index (χ1) is 8.11. The van der Waals surface area contributed by atoms with E-state index in [0.29, 0.717) is 12.5 Å². The van der Waals surface area contributed by atoms with Gasteiger partial charge in [0.1, 0.15) is 0 Å². The van der Waals surface area contributed by atoms with Crippen LogP contribution in [0.2, 0.25) is 5.02 Å². The van der Waals surface area contributed by atoms with Crippen LogP contribution in [0.3, 0.4) is 0 Å². The molecular formula is C14H20ClNO. The fourth-order valence-corrected chi connectivity index (χ4v) is 2.86. The number of nitrogens with one attached hydrogen (secondary N) is 1. The summed E-state index contributed by atoms with van der Waals surface area (Å²) in [5.74, 6) is 0. The van der Waals surface area contributed by atoms with Gasteiger partial charge in [0.25, 0.3) is 0 Å². The van der Waals surface area contributed by atoms with Crippen LogP contribution in [0, 0.1) is 0 Å². The van der Waals surface area contributed by atoms with Crippen molar-refractivity contribution < 1.29 is 5.11 Å². The van der Waals surface area contributed by atoms with E-state index in [9.17, 15) is 5.11 Å². The van der Waals surface area contributed by atoms with Crippen molar-refractivity contribution in [1.29, 1.82) is 0 Å². The zero-order valence-electron chi connectivity index (χ0n) is 10.2. The van der Waals surface area contributed by atoms with Crippen LogP contribution in [0.1, 0.15) is 31.2 Å². The second kappa shape index (κ2) is 5.38. The molecule has 2 nitrogen and oxygen atoms in total. The predicted octanol–water partition coefficient (Wildman–Crippen LogP) is 2.78. The smallest absolute Gasteiger partial charge is 0.0689 e. The lowest BCUT2D eigenvalue weighted by molar-refractivity contribution is -0.00242. The zero-order chi connectivity index (χ0) is 12.3. The van der Waals surface area contributed by atoms with Crippen LogP contribution in [-0.2, 0) is 6.42 Å². The molecule has 0 bridgehead atoms. The van der Waals surface area contributed by atoms with Crippen LogP contribution in [0.15, 0.2) is 24.3 Å². The van der Waals surface area contributed by atoms with Gasteiger partial charge in [0.15, 0.2) is 0 Å². The first-order valence-corrected chi connectivity index (χ1v) is 6.63. The molecule has 0 aliphatic heterocycles. The summed E-state index contributed by atoms with van der Waals surface area (Å²) in [5, 5.41) is 14.6. The average molecular weight is 254 g/mol. The summed E-state index contributed by atoms with van der Waals surface area (Å²) in [6.45, 7) is 0. The van der Waals surface area contributed by atoms with Crippen molar-refractivity contribution in [2.24, 2.45) is 0 Å². The SMILES string of the molecule is CNC1CCC(O)(Cc2cccc(Cl)c2)CC1. The first-order valence-electron chi connectivity index (χ1n) is 6.25. The van der Waals surface area contributed by atoms with Crippen molar-refractivity contribution in [3.05, 3.63) is 34.9 Å². The Morgan fingerprint density at radius 2 is 2.12 bits per heavy atom.